The highest BCUT2D eigenvalue weighted by atomic mass is 32.1. The van der Waals surface area contributed by atoms with Crippen molar-refractivity contribution in [1.82, 2.24) is 35.3 Å². The summed E-state index contributed by atoms with van der Waals surface area (Å²) < 4.78 is 7.39. The number of aromatic nitrogens is 4. The summed E-state index contributed by atoms with van der Waals surface area (Å²) in [7, 11) is 5.96. The summed E-state index contributed by atoms with van der Waals surface area (Å²) in [6.07, 6.45) is 1.05. The van der Waals surface area contributed by atoms with E-state index in [1.807, 2.05) is 37.5 Å². The Hall–Kier alpha value is -2.24. The second-order valence-electron chi connectivity index (χ2n) is 7.49. The molecule has 0 aliphatic carbocycles. The number of nitrogens with one attached hydrogen (secondary N) is 2. The molecular formula is C19H33N9OS. The van der Waals surface area contributed by atoms with Crippen LogP contribution in [0.3, 0.4) is 0 Å². The fraction of sp³-hybridized carbons (Fsp3) is 0.684. The SMILES string of the molecule is Cc1nnc(CNC(=NCc2csc(N(C)C)n2)NCCCN2CCOCC2)n1C. The lowest BCUT2D eigenvalue weighted by molar-refractivity contribution is 0.0376. The van der Waals surface area contributed by atoms with E-state index in [-0.39, 0.29) is 0 Å². The molecule has 2 aromatic heterocycles. The predicted molar refractivity (Wildman–Crippen MR) is 120 cm³/mol. The van der Waals surface area contributed by atoms with Crippen LogP contribution in [0.15, 0.2) is 10.4 Å². The molecule has 2 N–H and O–H groups in total. The second kappa shape index (κ2) is 11.2. The van der Waals surface area contributed by atoms with Crippen molar-refractivity contribution >= 4 is 22.4 Å². The molecule has 3 heterocycles. The number of ether oxygens (including phenoxy) is 1. The molecule has 0 saturated carbocycles. The van der Waals surface area contributed by atoms with Crippen molar-refractivity contribution in [1.29, 1.82) is 0 Å². The Bertz CT molecular complexity index is 811. The van der Waals surface area contributed by atoms with Gasteiger partial charge >= 0.3 is 0 Å². The third kappa shape index (κ3) is 6.64. The Balaban J connectivity index is 1.54. The lowest BCUT2D eigenvalue weighted by Gasteiger charge is -2.26. The molecule has 1 aliphatic rings. The number of anilines is 1. The number of guanidine groups is 1. The zero-order valence-corrected chi connectivity index (χ0v) is 19.2. The number of thiazole rings is 1. The second-order valence-corrected chi connectivity index (χ2v) is 8.33. The van der Waals surface area contributed by atoms with Crippen molar-refractivity contribution < 1.29 is 4.74 Å². The maximum Gasteiger partial charge on any atom is 0.192 e. The first kappa shape index (κ1) is 22.4. The summed E-state index contributed by atoms with van der Waals surface area (Å²) >= 11 is 1.63. The third-order valence-corrected chi connectivity index (χ3v) is 6.02. The van der Waals surface area contributed by atoms with Gasteiger partial charge in [0.1, 0.15) is 5.82 Å². The first-order valence-electron chi connectivity index (χ1n) is 10.3. The predicted octanol–water partition coefficient (Wildman–Crippen LogP) is 0.604. The van der Waals surface area contributed by atoms with Crippen molar-refractivity contribution in [3.63, 3.8) is 0 Å². The summed E-state index contributed by atoms with van der Waals surface area (Å²) in [6, 6.07) is 0. The molecule has 0 spiro atoms. The third-order valence-electron chi connectivity index (χ3n) is 4.97. The standard InChI is InChI=1S/C19H33N9OS/c1-15-24-25-17(27(15)4)13-22-18(20-6-5-7-28-8-10-29-11-9-28)21-12-16-14-30-19(23-16)26(2)3/h14H,5-13H2,1-4H3,(H2,20,21,22). The van der Waals surface area contributed by atoms with E-state index < -0.39 is 0 Å². The van der Waals surface area contributed by atoms with E-state index in [0.717, 1.165) is 74.2 Å². The van der Waals surface area contributed by atoms with Crippen LogP contribution in [0.25, 0.3) is 0 Å². The van der Waals surface area contributed by atoms with Crippen LogP contribution in [0.2, 0.25) is 0 Å². The molecule has 0 amide bonds. The van der Waals surface area contributed by atoms with Crippen LogP contribution in [0, 0.1) is 6.92 Å². The van der Waals surface area contributed by atoms with Gasteiger partial charge in [-0.25, -0.2) is 9.98 Å². The van der Waals surface area contributed by atoms with Gasteiger partial charge in [-0.15, -0.1) is 21.5 Å². The van der Waals surface area contributed by atoms with Crippen molar-refractivity contribution in [3.05, 3.63) is 22.7 Å². The average molecular weight is 436 g/mol. The van der Waals surface area contributed by atoms with E-state index in [1.54, 1.807) is 11.3 Å². The molecule has 0 radical (unpaired) electrons. The molecule has 2 aromatic rings. The first-order chi connectivity index (χ1) is 14.5. The van der Waals surface area contributed by atoms with Crippen LogP contribution in [-0.2, 0) is 24.9 Å². The van der Waals surface area contributed by atoms with Crippen molar-refractivity contribution in [2.24, 2.45) is 12.0 Å². The van der Waals surface area contributed by atoms with E-state index in [2.05, 4.69) is 36.1 Å². The molecule has 0 atom stereocenters. The van der Waals surface area contributed by atoms with Crippen LogP contribution in [0.4, 0.5) is 5.13 Å². The van der Waals surface area contributed by atoms with Gasteiger partial charge in [0.05, 0.1) is 32.0 Å². The van der Waals surface area contributed by atoms with Gasteiger partial charge in [-0.2, -0.15) is 0 Å². The molecule has 10 nitrogen and oxygen atoms in total. The Morgan fingerprint density at radius 2 is 2.07 bits per heavy atom. The highest BCUT2D eigenvalue weighted by Gasteiger charge is 2.10. The lowest BCUT2D eigenvalue weighted by atomic mass is 10.3. The van der Waals surface area contributed by atoms with E-state index in [0.29, 0.717) is 13.1 Å². The van der Waals surface area contributed by atoms with Crippen LogP contribution in [-0.4, -0.2) is 84.1 Å². The van der Waals surface area contributed by atoms with E-state index >= 15 is 0 Å². The summed E-state index contributed by atoms with van der Waals surface area (Å²) in [5.74, 6) is 2.53. The van der Waals surface area contributed by atoms with E-state index in [4.69, 9.17) is 9.73 Å². The maximum absolute atomic E-state index is 5.41. The fourth-order valence-electron chi connectivity index (χ4n) is 3.01. The monoisotopic (exact) mass is 435 g/mol. The first-order valence-corrected chi connectivity index (χ1v) is 11.2. The number of hydrogen-bond acceptors (Lipinski definition) is 8. The number of rotatable bonds is 9. The van der Waals surface area contributed by atoms with Crippen molar-refractivity contribution in [2.45, 2.75) is 26.4 Å². The van der Waals surface area contributed by atoms with Crippen LogP contribution < -0.4 is 15.5 Å². The number of hydrogen-bond donors (Lipinski definition) is 2. The highest BCUT2D eigenvalue weighted by molar-refractivity contribution is 7.13. The van der Waals surface area contributed by atoms with Gasteiger partial charge in [0.25, 0.3) is 0 Å². The van der Waals surface area contributed by atoms with Gasteiger partial charge in [0, 0.05) is 46.2 Å². The molecule has 1 saturated heterocycles. The largest absolute Gasteiger partial charge is 0.379 e. The fourth-order valence-corrected chi connectivity index (χ4v) is 3.76. The Kier molecular flexibility index (Phi) is 8.40. The molecule has 0 aromatic carbocycles. The molecule has 1 aliphatic heterocycles. The minimum atomic E-state index is 0.529. The summed E-state index contributed by atoms with van der Waals surface area (Å²) in [5.41, 5.74) is 0.965. The Labute approximate surface area is 182 Å². The van der Waals surface area contributed by atoms with E-state index in [9.17, 15) is 0 Å². The van der Waals surface area contributed by atoms with E-state index in [1.165, 1.54) is 0 Å². The van der Waals surface area contributed by atoms with Crippen LogP contribution >= 0.6 is 11.3 Å². The Morgan fingerprint density at radius 1 is 1.27 bits per heavy atom. The number of aryl methyl sites for hydroxylation is 1. The van der Waals surface area contributed by atoms with Gasteiger partial charge < -0.3 is 24.8 Å². The number of morpholine rings is 1. The van der Waals surface area contributed by atoms with Crippen LogP contribution in [0.5, 0.6) is 0 Å². The summed E-state index contributed by atoms with van der Waals surface area (Å²) in [4.78, 5) is 13.8. The zero-order valence-electron chi connectivity index (χ0n) is 18.4. The lowest BCUT2D eigenvalue weighted by Crippen LogP contribution is -2.40. The Morgan fingerprint density at radius 3 is 2.73 bits per heavy atom. The van der Waals surface area contributed by atoms with Crippen molar-refractivity contribution in [3.8, 4) is 0 Å². The molecule has 166 valence electrons. The molecule has 1 fully saturated rings. The smallest absolute Gasteiger partial charge is 0.192 e. The van der Waals surface area contributed by atoms with Gasteiger partial charge in [-0.05, 0) is 19.9 Å². The van der Waals surface area contributed by atoms with Gasteiger partial charge in [-0.1, -0.05) is 0 Å². The molecular weight excluding hydrogens is 402 g/mol. The van der Waals surface area contributed by atoms with Gasteiger partial charge in [-0.3, -0.25) is 4.90 Å². The molecule has 0 bridgehead atoms. The van der Waals surface area contributed by atoms with Crippen LogP contribution in [0.1, 0.15) is 23.8 Å². The number of nitrogens with zero attached hydrogens (tertiary/aromatic N) is 7. The minimum Gasteiger partial charge on any atom is -0.379 e. The normalized spacial score (nSPS) is 15.4. The quantitative estimate of drug-likeness (QED) is 0.336. The summed E-state index contributed by atoms with van der Waals surface area (Å²) in [5, 5.41) is 18.2. The summed E-state index contributed by atoms with van der Waals surface area (Å²) in [6.45, 7) is 8.65. The molecule has 0 unspecified atom stereocenters. The number of aliphatic imine (C=N–C) groups is 1. The minimum absolute atomic E-state index is 0.529. The zero-order chi connectivity index (χ0) is 21.3. The van der Waals surface area contributed by atoms with Crippen molar-refractivity contribution in [2.75, 3.05) is 58.4 Å². The maximum atomic E-state index is 5.41. The van der Waals surface area contributed by atoms with Gasteiger partial charge in [0.15, 0.2) is 16.9 Å². The van der Waals surface area contributed by atoms with Gasteiger partial charge in [0.2, 0.25) is 0 Å². The molecule has 3 rings (SSSR count). The average Bonchev–Trinajstić information content (AvgIpc) is 3.35. The highest BCUT2D eigenvalue weighted by Crippen LogP contribution is 2.18. The topological polar surface area (TPSA) is 95.7 Å². The molecule has 30 heavy (non-hydrogen) atoms. The molecule has 11 heteroatoms.